The summed E-state index contributed by atoms with van der Waals surface area (Å²) in [5, 5.41) is 0.834. The summed E-state index contributed by atoms with van der Waals surface area (Å²) in [6.07, 6.45) is 6.99. The summed E-state index contributed by atoms with van der Waals surface area (Å²) in [7, 11) is 0. The maximum atomic E-state index is 13.4. The molecule has 0 radical (unpaired) electrons. The van der Waals surface area contributed by atoms with E-state index in [0.717, 1.165) is 23.1 Å². The Balaban J connectivity index is 1.73. The van der Waals surface area contributed by atoms with Gasteiger partial charge in [0.25, 0.3) is 5.56 Å². The molecule has 0 fully saturated rings. The zero-order valence-corrected chi connectivity index (χ0v) is 13.8. The van der Waals surface area contributed by atoms with Crippen LogP contribution < -0.4 is 5.56 Å². The second kappa shape index (κ2) is 6.55. The number of benzene rings is 1. The first-order valence-electron chi connectivity index (χ1n) is 8.13. The molecule has 3 heterocycles. The minimum atomic E-state index is -0.920. The van der Waals surface area contributed by atoms with Crippen LogP contribution >= 0.6 is 0 Å². The van der Waals surface area contributed by atoms with Crippen LogP contribution in [0.5, 0.6) is 0 Å². The fourth-order valence-corrected chi connectivity index (χ4v) is 3.02. The van der Waals surface area contributed by atoms with Crippen LogP contribution in [0, 0.1) is 11.6 Å². The van der Waals surface area contributed by atoms with Crippen LogP contribution in [0.1, 0.15) is 11.1 Å². The van der Waals surface area contributed by atoms with Crippen molar-refractivity contribution in [1.82, 2.24) is 14.1 Å². The quantitative estimate of drug-likeness (QED) is 0.564. The van der Waals surface area contributed by atoms with Crippen molar-refractivity contribution >= 4 is 10.9 Å². The molecule has 0 aliphatic heterocycles. The van der Waals surface area contributed by atoms with E-state index in [0.29, 0.717) is 17.6 Å². The summed E-state index contributed by atoms with van der Waals surface area (Å²) in [6, 6.07) is 11.2. The highest BCUT2D eigenvalue weighted by Crippen LogP contribution is 2.15. The van der Waals surface area contributed by atoms with Crippen molar-refractivity contribution in [3.8, 4) is 0 Å². The lowest BCUT2D eigenvalue weighted by atomic mass is 10.2. The van der Waals surface area contributed by atoms with Crippen LogP contribution in [0.3, 0.4) is 0 Å². The van der Waals surface area contributed by atoms with Crippen molar-refractivity contribution in [2.45, 2.75) is 13.1 Å². The van der Waals surface area contributed by atoms with E-state index >= 15 is 0 Å². The number of pyridine rings is 2. The normalized spacial score (nSPS) is 11.2. The predicted octanol–water partition coefficient (Wildman–Crippen LogP) is 3.57. The number of rotatable bonds is 4. The first-order chi connectivity index (χ1) is 12.6. The molecule has 1 aromatic carbocycles. The number of halogens is 2. The van der Waals surface area contributed by atoms with Gasteiger partial charge in [0.2, 0.25) is 0 Å². The van der Waals surface area contributed by atoms with Gasteiger partial charge in [0.15, 0.2) is 11.6 Å². The van der Waals surface area contributed by atoms with Gasteiger partial charge in [0, 0.05) is 36.7 Å². The smallest absolute Gasteiger partial charge is 0.275 e. The summed E-state index contributed by atoms with van der Waals surface area (Å²) in [4.78, 5) is 17.0. The zero-order chi connectivity index (χ0) is 18.1. The summed E-state index contributed by atoms with van der Waals surface area (Å²) >= 11 is 0. The zero-order valence-electron chi connectivity index (χ0n) is 13.8. The minimum absolute atomic E-state index is 0.171. The average Bonchev–Trinajstić information content (AvgIpc) is 3.05. The number of fused-ring (bicyclic) bond motifs is 1. The van der Waals surface area contributed by atoms with Crippen molar-refractivity contribution in [2.24, 2.45) is 0 Å². The Bertz CT molecular complexity index is 1130. The van der Waals surface area contributed by atoms with E-state index < -0.39 is 11.6 Å². The SMILES string of the molecule is O=c1c2c(ccn1Cc1ccc(F)c(F)c1)ccn2Cc1cccnc1. The summed E-state index contributed by atoms with van der Waals surface area (Å²) in [6.45, 7) is 0.700. The molecular weight excluding hydrogens is 336 g/mol. The molecule has 130 valence electrons. The summed E-state index contributed by atoms with van der Waals surface area (Å²) in [5.41, 5.74) is 1.90. The molecule has 0 saturated carbocycles. The molecule has 0 spiro atoms. The topological polar surface area (TPSA) is 39.8 Å². The molecule has 0 atom stereocenters. The third kappa shape index (κ3) is 3.01. The molecule has 0 aliphatic rings. The Labute approximate surface area is 148 Å². The van der Waals surface area contributed by atoms with E-state index in [9.17, 15) is 13.6 Å². The number of hydrogen-bond donors (Lipinski definition) is 0. The molecule has 4 aromatic rings. The van der Waals surface area contributed by atoms with Gasteiger partial charge >= 0.3 is 0 Å². The van der Waals surface area contributed by atoms with Crippen LogP contribution in [0.4, 0.5) is 8.78 Å². The van der Waals surface area contributed by atoms with Crippen LogP contribution in [-0.4, -0.2) is 14.1 Å². The van der Waals surface area contributed by atoms with Gasteiger partial charge in [-0.15, -0.1) is 0 Å². The second-order valence-electron chi connectivity index (χ2n) is 6.11. The van der Waals surface area contributed by atoms with Crippen molar-refractivity contribution in [1.29, 1.82) is 0 Å². The molecule has 6 heteroatoms. The Hall–Kier alpha value is -3.28. The lowest BCUT2D eigenvalue weighted by Crippen LogP contribution is -2.22. The highest BCUT2D eigenvalue weighted by molar-refractivity contribution is 5.79. The Kier molecular flexibility index (Phi) is 4.08. The van der Waals surface area contributed by atoms with E-state index in [1.54, 1.807) is 18.6 Å². The lowest BCUT2D eigenvalue weighted by Gasteiger charge is -2.09. The van der Waals surface area contributed by atoms with Crippen LogP contribution in [0.25, 0.3) is 10.9 Å². The highest BCUT2D eigenvalue weighted by atomic mass is 19.2. The van der Waals surface area contributed by atoms with Crippen molar-refractivity contribution in [2.75, 3.05) is 0 Å². The predicted molar refractivity (Wildman–Crippen MR) is 95.0 cm³/mol. The first kappa shape index (κ1) is 16.2. The molecule has 26 heavy (non-hydrogen) atoms. The number of hydrogen-bond acceptors (Lipinski definition) is 2. The van der Waals surface area contributed by atoms with Gasteiger partial charge in [0.05, 0.1) is 6.54 Å². The van der Waals surface area contributed by atoms with Gasteiger partial charge in [0.1, 0.15) is 5.52 Å². The Morgan fingerprint density at radius 1 is 0.885 bits per heavy atom. The van der Waals surface area contributed by atoms with Gasteiger partial charge in [-0.05, 0) is 41.5 Å². The van der Waals surface area contributed by atoms with E-state index in [1.165, 1.54) is 10.6 Å². The molecule has 0 aliphatic carbocycles. The summed E-state index contributed by atoms with van der Waals surface area (Å²) < 4.78 is 29.9. The average molecular weight is 351 g/mol. The van der Waals surface area contributed by atoms with Gasteiger partial charge < -0.3 is 9.13 Å². The van der Waals surface area contributed by atoms with Crippen LogP contribution in [0.2, 0.25) is 0 Å². The molecule has 0 N–H and O–H groups in total. The third-order valence-corrected chi connectivity index (χ3v) is 4.30. The molecular formula is C20H15F2N3O. The molecule has 0 saturated heterocycles. The van der Waals surface area contributed by atoms with E-state index in [2.05, 4.69) is 4.98 Å². The largest absolute Gasteiger partial charge is 0.339 e. The van der Waals surface area contributed by atoms with E-state index in [-0.39, 0.29) is 12.1 Å². The van der Waals surface area contributed by atoms with E-state index in [4.69, 9.17) is 0 Å². The maximum Gasteiger partial charge on any atom is 0.275 e. The van der Waals surface area contributed by atoms with Crippen molar-refractivity contribution in [3.05, 3.63) is 100 Å². The Morgan fingerprint density at radius 2 is 1.65 bits per heavy atom. The molecule has 0 bridgehead atoms. The number of aromatic nitrogens is 3. The van der Waals surface area contributed by atoms with E-state index in [1.807, 2.05) is 35.0 Å². The lowest BCUT2D eigenvalue weighted by molar-refractivity contribution is 0.506. The fraction of sp³-hybridized carbons (Fsp3) is 0.100. The van der Waals surface area contributed by atoms with Crippen molar-refractivity contribution in [3.63, 3.8) is 0 Å². The molecule has 4 rings (SSSR count). The van der Waals surface area contributed by atoms with Crippen molar-refractivity contribution < 1.29 is 8.78 Å². The third-order valence-electron chi connectivity index (χ3n) is 4.30. The van der Waals surface area contributed by atoms with Gasteiger partial charge in [-0.3, -0.25) is 9.78 Å². The van der Waals surface area contributed by atoms with Crippen LogP contribution in [0.15, 0.2) is 72.0 Å². The standard InChI is InChI=1S/C20H15F2N3O/c21-17-4-3-14(10-18(17)22)12-25-9-6-16-5-8-24(19(16)20(25)26)13-15-2-1-7-23-11-15/h1-11H,12-13H2. The molecule has 0 amide bonds. The Morgan fingerprint density at radius 3 is 2.38 bits per heavy atom. The minimum Gasteiger partial charge on any atom is -0.339 e. The van der Waals surface area contributed by atoms with Gasteiger partial charge in [-0.1, -0.05) is 12.1 Å². The maximum absolute atomic E-state index is 13.4. The molecule has 0 unspecified atom stereocenters. The highest BCUT2D eigenvalue weighted by Gasteiger charge is 2.10. The van der Waals surface area contributed by atoms with Gasteiger partial charge in [-0.25, -0.2) is 8.78 Å². The first-order valence-corrected chi connectivity index (χ1v) is 8.13. The monoisotopic (exact) mass is 351 g/mol. The van der Waals surface area contributed by atoms with Gasteiger partial charge in [-0.2, -0.15) is 0 Å². The summed E-state index contributed by atoms with van der Waals surface area (Å²) in [5.74, 6) is -1.82. The fourth-order valence-electron chi connectivity index (χ4n) is 3.02. The molecule has 4 nitrogen and oxygen atoms in total. The number of nitrogens with zero attached hydrogens (tertiary/aromatic N) is 3. The van der Waals surface area contributed by atoms with Crippen LogP contribution in [-0.2, 0) is 13.1 Å². The second-order valence-corrected chi connectivity index (χ2v) is 6.11. The molecule has 3 aromatic heterocycles.